The van der Waals surface area contributed by atoms with E-state index in [2.05, 4.69) is 4.98 Å². The van der Waals surface area contributed by atoms with E-state index in [9.17, 15) is 4.79 Å². The molecule has 5 nitrogen and oxygen atoms in total. The molecule has 0 fully saturated rings. The predicted molar refractivity (Wildman–Crippen MR) is 59.1 cm³/mol. The highest BCUT2D eigenvalue weighted by molar-refractivity contribution is 6.31. The van der Waals surface area contributed by atoms with Crippen LogP contribution < -0.4 is 11.3 Å². The minimum Gasteiger partial charge on any atom is -0.392 e. The zero-order valence-corrected chi connectivity index (χ0v) is 9.49. The molecule has 1 unspecified atom stereocenters. The van der Waals surface area contributed by atoms with Crippen molar-refractivity contribution >= 4 is 17.3 Å². The standard InChI is InChI=1S/C9H14ClN3O2/c1-6(3-4-15-2)13-5-12-8(10)7(11)9(13)14/h5-6H,3-4,11H2,1-2H3. The maximum atomic E-state index is 11.7. The highest BCUT2D eigenvalue weighted by Gasteiger charge is 2.11. The molecule has 84 valence electrons. The molecule has 6 heteroatoms. The first kappa shape index (κ1) is 12.0. The number of hydrogen-bond donors (Lipinski definition) is 1. The number of rotatable bonds is 4. The number of methoxy groups -OCH3 is 1. The Morgan fingerprint density at radius 3 is 3.00 bits per heavy atom. The van der Waals surface area contributed by atoms with E-state index in [0.29, 0.717) is 6.61 Å². The predicted octanol–water partition coefficient (Wildman–Crippen LogP) is 1.08. The number of nitrogens with two attached hydrogens (primary N) is 1. The van der Waals surface area contributed by atoms with Crippen LogP contribution in [0.1, 0.15) is 19.4 Å². The van der Waals surface area contributed by atoms with Gasteiger partial charge in [0.05, 0.1) is 6.33 Å². The van der Waals surface area contributed by atoms with Crippen LogP contribution in [-0.4, -0.2) is 23.3 Å². The van der Waals surface area contributed by atoms with Gasteiger partial charge in [-0.05, 0) is 13.3 Å². The van der Waals surface area contributed by atoms with Crippen LogP contribution >= 0.6 is 11.6 Å². The van der Waals surface area contributed by atoms with Gasteiger partial charge in [-0.2, -0.15) is 0 Å². The summed E-state index contributed by atoms with van der Waals surface area (Å²) in [6, 6.07) is -0.00971. The van der Waals surface area contributed by atoms with Crippen LogP contribution in [0.4, 0.5) is 5.69 Å². The van der Waals surface area contributed by atoms with Gasteiger partial charge in [-0.1, -0.05) is 11.6 Å². The Kier molecular flexibility index (Phi) is 4.11. The van der Waals surface area contributed by atoms with Gasteiger partial charge in [0, 0.05) is 19.8 Å². The Labute approximate surface area is 92.8 Å². The summed E-state index contributed by atoms with van der Waals surface area (Å²) >= 11 is 5.62. The van der Waals surface area contributed by atoms with E-state index < -0.39 is 0 Å². The fourth-order valence-electron chi connectivity index (χ4n) is 1.20. The fourth-order valence-corrected chi connectivity index (χ4v) is 1.33. The summed E-state index contributed by atoms with van der Waals surface area (Å²) in [6.07, 6.45) is 2.13. The van der Waals surface area contributed by atoms with Gasteiger partial charge in [-0.15, -0.1) is 0 Å². The number of nitrogen functional groups attached to an aromatic ring is 1. The molecule has 0 aliphatic rings. The summed E-state index contributed by atoms with van der Waals surface area (Å²) in [5, 5.41) is 0.0511. The molecule has 0 spiro atoms. The van der Waals surface area contributed by atoms with Gasteiger partial charge in [0.15, 0.2) is 5.15 Å². The van der Waals surface area contributed by atoms with E-state index >= 15 is 0 Å². The number of halogens is 1. The van der Waals surface area contributed by atoms with Crippen LogP contribution in [-0.2, 0) is 4.74 Å². The molecule has 0 aliphatic heterocycles. The van der Waals surface area contributed by atoms with Crippen molar-refractivity contribution in [3.63, 3.8) is 0 Å². The SMILES string of the molecule is COCCC(C)n1cnc(Cl)c(N)c1=O. The molecule has 2 N–H and O–H groups in total. The summed E-state index contributed by atoms with van der Waals surface area (Å²) < 4.78 is 6.39. The van der Waals surface area contributed by atoms with Crippen LogP contribution in [0.15, 0.2) is 11.1 Å². The Morgan fingerprint density at radius 2 is 2.40 bits per heavy atom. The molecule has 1 rings (SSSR count). The van der Waals surface area contributed by atoms with Crippen molar-refractivity contribution in [1.29, 1.82) is 0 Å². The molecular weight excluding hydrogens is 218 g/mol. The van der Waals surface area contributed by atoms with E-state index in [4.69, 9.17) is 22.1 Å². The average Bonchev–Trinajstić information content (AvgIpc) is 2.23. The van der Waals surface area contributed by atoms with E-state index in [1.54, 1.807) is 7.11 Å². The molecule has 0 radical (unpaired) electrons. The van der Waals surface area contributed by atoms with Gasteiger partial charge in [0.2, 0.25) is 0 Å². The van der Waals surface area contributed by atoms with Gasteiger partial charge in [-0.25, -0.2) is 4.98 Å². The molecule has 1 aromatic heterocycles. The third-order valence-corrected chi connectivity index (χ3v) is 2.50. The van der Waals surface area contributed by atoms with Crippen molar-refractivity contribution < 1.29 is 4.74 Å². The molecule has 0 aromatic carbocycles. The summed E-state index contributed by atoms with van der Waals surface area (Å²) in [5.41, 5.74) is 5.17. The van der Waals surface area contributed by atoms with Crippen LogP contribution in [0.3, 0.4) is 0 Å². The van der Waals surface area contributed by atoms with E-state index in [-0.39, 0.29) is 22.4 Å². The van der Waals surface area contributed by atoms with Gasteiger partial charge < -0.3 is 10.5 Å². The first-order valence-electron chi connectivity index (χ1n) is 4.59. The second kappa shape index (κ2) is 5.14. The van der Waals surface area contributed by atoms with E-state index in [1.165, 1.54) is 10.9 Å². The zero-order valence-electron chi connectivity index (χ0n) is 8.74. The smallest absolute Gasteiger partial charge is 0.278 e. The van der Waals surface area contributed by atoms with Crippen molar-refractivity contribution in [2.45, 2.75) is 19.4 Å². The number of nitrogens with zero attached hydrogens (tertiary/aromatic N) is 2. The molecule has 15 heavy (non-hydrogen) atoms. The Balaban J connectivity index is 2.95. The van der Waals surface area contributed by atoms with Crippen molar-refractivity contribution in [1.82, 2.24) is 9.55 Å². The third kappa shape index (κ3) is 2.70. The van der Waals surface area contributed by atoms with Crippen LogP contribution in [0.25, 0.3) is 0 Å². The third-order valence-electron chi connectivity index (χ3n) is 2.20. The minimum atomic E-state index is -0.307. The van der Waals surface area contributed by atoms with E-state index in [0.717, 1.165) is 6.42 Å². The molecule has 0 saturated heterocycles. The number of anilines is 1. The maximum Gasteiger partial charge on any atom is 0.278 e. The first-order valence-corrected chi connectivity index (χ1v) is 4.96. The lowest BCUT2D eigenvalue weighted by Crippen LogP contribution is -2.26. The molecular formula is C9H14ClN3O2. The van der Waals surface area contributed by atoms with Gasteiger partial charge >= 0.3 is 0 Å². The Morgan fingerprint density at radius 1 is 1.73 bits per heavy atom. The number of hydrogen-bond acceptors (Lipinski definition) is 4. The normalized spacial score (nSPS) is 12.7. The fraction of sp³-hybridized carbons (Fsp3) is 0.556. The summed E-state index contributed by atoms with van der Waals surface area (Å²) in [7, 11) is 1.62. The minimum absolute atomic E-state index is 0.00971. The molecule has 1 atom stereocenters. The average molecular weight is 232 g/mol. The van der Waals surface area contributed by atoms with E-state index in [1.807, 2.05) is 6.92 Å². The largest absolute Gasteiger partial charge is 0.392 e. The van der Waals surface area contributed by atoms with Gasteiger partial charge in [0.1, 0.15) is 5.69 Å². The first-order chi connectivity index (χ1) is 7.07. The number of aromatic nitrogens is 2. The molecule has 0 saturated carbocycles. The van der Waals surface area contributed by atoms with Gasteiger partial charge in [0.25, 0.3) is 5.56 Å². The molecule has 1 heterocycles. The molecule has 0 bridgehead atoms. The summed E-state index contributed by atoms with van der Waals surface area (Å²) in [5.74, 6) is 0. The van der Waals surface area contributed by atoms with Crippen molar-refractivity contribution in [2.75, 3.05) is 19.5 Å². The monoisotopic (exact) mass is 231 g/mol. The Bertz CT molecular complexity index is 391. The second-order valence-corrected chi connectivity index (χ2v) is 3.65. The van der Waals surface area contributed by atoms with Crippen molar-refractivity contribution in [2.24, 2.45) is 0 Å². The lowest BCUT2D eigenvalue weighted by atomic mass is 10.2. The van der Waals surface area contributed by atoms with Crippen LogP contribution in [0, 0.1) is 0 Å². The summed E-state index contributed by atoms with van der Waals surface area (Å²) in [6.45, 7) is 2.48. The Hall–Kier alpha value is -1.07. The maximum absolute atomic E-state index is 11.7. The molecule has 0 aliphatic carbocycles. The zero-order chi connectivity index (χ0) is 11.4. The second-order valence-electron chi connectivity index (χ2n) is 3.29. The molecule has 0 amide bonds. The highest BCUT2D eigenvalue weighted by Crippen LogP contribution is 2.12. The van der Waals surface area contributed by atoms with Crippen molar-refractivity contribution in [3.8, 4) is 0 Å². The number of ether oxygens (including phenoxy) is 1. The van der Waals surface area contributed by atoms with Crippen LogP contribution in [0.5, 0.6) is 0 Å². The van der Waals surface area contributed by atoms with Gasteiger partial charge in [-0.3, -0.25) is 9.36 Å². The lowest BCUT2D eigenvalue weighted by Gasteiger charge is -2.14. The molecule has 1 aromatic rings. The topological polar surface area (TPSA) is 70.1 Å². The van der Waals surface area contributed by atoms with Crippen LogP contribution in [0.2, 0.25) is 5.15 Å². The quantitative estimate of drug-likeness (QED) is 0.788. The summed E-state index contributed by atoms with van der Waals surface area (Å²) in [4.78, 5) is 15.5. The lowest BCUT2D eigenvalue weighted by molar-refractivity contribution is 0.180. The highest BCUT2D eigenvalue weighted by atomic mass is 35.5. The van der Waals surface area contributed by atoms with Crippen molar-refractivity contribution in [3.05, 3.63) is 21.8 Å².